The molecule has 0 radical (unpaired) electrons. The molecule has 0 saturated heterocycles. The summed E-state index contributed by atoms with van der Waals surface area (Å²) < 4.78 is 10.9. The first-order valence-electron chi connectivity index (χ1n) is 17.8. The second-order valence-corrected chi connectivity index (χ2v) is 16.9. The van der Waals surface area contributed by atoms with Gasteiger partial charge in [-0.15, -0.1) is 35.7 Å². The third kappa shape index (κ3) is 7.00. The maximum Gasteiger partial charge on any atom is 2.00 e. The summed E-state index contributed by atoms with van der Waals surface area (Å²) in [6.45, 7) is 24.3. The van der Waals surface area contributed by atoms with E-state index >= 15 is 0 Å². The van der Waals surface area contributed by atoms with Gasteiger partial charge in [0.15, 0.2) is 0 Å². The minimum absolute atomic E-state index is 0. The number of benzene rings is 4. The molecule has 4 aromatic carbocycles. The van der Waals surface area contributed by atoms with Gasteiger partial charge in [0.25, 0.3) is 0 Å². The molecule has 0 aliphatic rings. The third-order valence-corrected chi connectivity index (χ3v) is 9.61. The molecule has 7 aromatic rings. The monoisotopic (exact) mass is 867 g/mol. The van der Waals surface area contributed by atoms with E-state index in [4.69, 9.17) is 14.8 Å². The SMILES string of the molecule is Cc1cc(Oc2[c-]c3c(cc2)c2cc(C(C)(C)C)ccc2n3-c2cc(C(C)(C)C)ccn2)[c-]c(-n2nc(C)c(-c3ccccc3)c2C(C)(C)C)c1.[Pt+2]. The molecule has 5 nitrogen and oxygen atoms in total. The van der Waals surface area contributed by atoms with Crippen molar-refractivity contribution < 1.29 is 25.8 Å². The molecule has 0 aliphatic carbocycles. The standard InChI is InChI=1S/C46H48N4O.Pt/c1-29-23-34(50-43(46(9,10)11)42(30(2)48-50)31-15-13-12-14-16-31)27-36(24-29)51-35-18-19-37-38-25-32(44(3,4)5)17-20-39(38)49(40(37)28-35)41-26-33(21-22-47-41)45(6,7)8;/h12-26H,1-11H3;/q-2;+2. The predicted octanol–water partition coefficient (Wildman–Crippen LogP) is 11.9. The van der Waals surface area contributed by atoms with Crippen LogP contribution in [0.4, 0.5) is 0 Å². The van der Waals surface area contributed by atoms with Gasteiger partial charge in [0.2, 0.25) is 0 Å². The zero-order valence-corrected chi connectivity index (χ0v) is 34.4. The van der Waals surface area contributed by atoms with E-state index in [1.807, 2.05) is 23.0 Å². The molecule has 268 valence electrons. The van der Waals surface area contributed by atoms with Crippen molar-refractivity contribution in [1.29, 1.82) is 0 Å². The van der Waals surface area contributed by atoms with E-state index in [1.54, 1.807) is 0 Å². The van der Waals surface area contributed by atoms with Crippen LogP contribution in [0.15, 0.2) is 91.1 Å². The summed E-state index contributed by atoms with van der Waals surface area (Å²) in [7, 11) is 0. The second kappa shape index (κ2) is 13.5. The van der Waals surface area contributed by atoms with Gasteiger partial charge in [0.1, 0.15) is 5.82 Å². The van der Waals surface area contributed by atoms with Gasteiger partial charge < -0.3 is 9.30 Å². The van der Waals surface area contributed by atoms with Gasteiger partial charge in [-0.3, -0.25) is 4.68 Å². The molecule has 0 bridgehead atoms. The van der Waals surface area contributed by atoms with Gasteiger partial charge in [-0.25, -0.2) is 4.98 Å². The van der Waals surface area contributed by atoms with E-state index < -0.39 is 0 Å². The van der Waals surface area contributed by atoms with Crippen LogP contribution in [0, 0.1) is 26.0 Å². The summed E-state index contributed by atoms with van der Waals surface area (Å²) in [5.41, 5.74) is 10.7. The van der Waals surface area contributed by atoms with E-state index in [0.717, 1.165) is 56.0 Å². The van der Waals surface area contributed by atoms with Crippen molar-refractivity contribution in [3.8, 4) is 34.1 Å². The Balaban J connectivity index is 0.00000464. The van der Waals surface area contributed by atoms with Crippen molar-refractivity contribution >= 4 is 21.8 Å². The maximum atomic E-state index is 6.63. The number of nitrogens with zero attached hydrogens (tertiary/aromatic N) is 4. The third-order valence-electron chi connectivity index (χ3n) is 9.61. The molecule has 0 atom stereocenters. The van der Waals surface area contributed by atoms with Gasteiger partial charge in [0, 0.05) is 34.2 Å². The molecule has 52 heavy (non-hydrogen) atoms. The summed E-state index contributed by atoms with van der Waals surface area (Å²) in [4.78, 5) is 4.88. The summed E-state index contributed by atoms with van der Waals surface area (Å²) >= 11 is 0. The summed E-state index contributed by atoms with van der Waals surface area (Å²) in [5, 5.41) is 7.36. The zero-order chi connectivity index (χ0) is 36.5. The number of aromatic nitrogens is 4. The van der Waals surface area contributed by atoms with Gasteiger partial charge in [-0.1, -0.05) is 117 Å². The van der Waals surface area contributed by atoms with Gasteiger partial charge in [-0.05, 0) is 63.7 Å². The molecule has 0 fully saturated rings. The fourth-order valence-electron chi connectivity index (χ4n) is 6.99. The van der Waals surface area contributed by atoms with Crippen LogP contribution in [0.2, 0.25) is 0 Å². The van der Waals surface area contributed by atoms with Crippen molar-refractivity contribution in [2.75, 3.05) is 0 Å². The van der Waals surface area contributed by atoms with Crippen molar-refractivity contribution in [3.63, 3.8) is 0 Å². The first-order valence-corrected chi connectivity index (χ1v) is 17.8. The Labute approximate surface area is 323 Å². The largest absolute Gasteiger partial charge is 2.00 e. The van der Waals surface area contributed by atoms with Gasteiger partial charge in [-0.2, -0.15) is 16.7 Å². The van der Waals surface area contributed by atoms with Gasteiger partial charge >= 0.3 is 21.1 Å². The topological polar surface area (TPSA) is 44.9 Å². The van der Waals surface area contributed by atoms with Crippen LogP contribution >= 0.6 is 0 Å². The molecular formula is C46H48N4OPt. The molecule has 3 heterocycles. The van der Waals surface area contributed by atoms with Crippen LogP contribution < -0.4 is 4.74 Å². The normalized spacial score (nSPS) is 12.4. The van der Waals surface area contributed by atoms with E-state index in [9.17, 15) is 0 Å². The predicted molar refractivity (Wildman–Crippen MR) is 211 cm³/mol. The van der Waals surface area contributed by atoms with Crippen molar-refractivity contribution in [2.24, 2.45) is 0 Å². The van der Waals surface area contributed by atoms with E-state index in [-0.39, 0.29) is 37.3 Å². The molecule has 6 heteroatoms. The average Bonchev–Trinajstić information content (AvgIpc) is 3.58. The van der Waals surface area contributed by atoms with Crippen LogP contribution in [0.5, 0.6) is 11.5 Å². The Morgan fingerprint density at radius 1 is 0.654 bits per heavy atom. The fraction of sp³-hybridized carbons (Fsp3) is 0.304. The maximum absolute atomic E-state index is 6.63. The van der Waals surface area contributed by atoms with Crippen LogP contribution in [0.3, 0.4) is 0 Å². The molecule has 3 aromatic heterocycles. The molecule has 7 rings (SSSR count). The number of rotatable bonds is 5. The number of hydrogen-bond acceptors (Lipinski definition) is 3. The number of fused-ring (bicyclic) bond motifs is 3. The van der Waals surface area contributed by atoms with Crippen LogP contribution in [0.1, 0.15) is 90.4 Å². The Morgan fingerprint density at radius 2 is 1.35 bits per heavy atom. The van der Waals surface area contributed by atoms with E-state index in [2.05, 4.69) is 166 Å². The second-order valence-electron chi connectivity index (χ2n) is 16.9. The number of pyridine rings is 1. The Kier molecular flexibility index (Phi) is 9.68. The Bertz CT molecular complexity index is 2410. The first kappa shape index (κ1) is 37.3. The van der Waals surface area contributed by atoms with Crippen molar-refractivity contribution in [2.45, 2.75) is 92.4 Å². The first-order chi connectivity index (χ1) is 24.0. The quantitative estimate of drug-likeness (QED) is 0.162. The minimum atomic E-state index is -0.178. The van der Waals surface area contributed by atoms with E-state index in [0.29, 0.717) is 11.5 Å². The number of hydrogen-bond donors (Lipinski definition) is 0. The van der Waals surface area contributed by atoms with Gasteiger partial charge in [0.05, 0.1) is 11.4 Å². The smallest absolute Gasteiger partial charge is 0.509 e. The molecule has 0 N–H and O–H groups in total. The van der Waals surface area contributed by atoms with E-state index in [1.165, 1.54) is 16.5 Å². The van der Waals surface area contributed by atoms with Crippen LogP contribution in [0.25, 0.3) is 44.4 Å². The minimum Gasteiger partial charge on any atom is -0.509 e. The fourth-order valence-corrected chi connectivity index (χ4v) is 6.99. The van der Waals surface area contributed by atoms with Crippen molar-refractivity contribution in [3.05, 3.63) is 131 Å². The summed E-state index contributed by atoms with van der Waals surface area (Å²) in [5.74, 6) is 2.09. The molecule has 0 saturated carbocycles. The number of aryl methyl sites for hydroxylation is 2. The Hall–Kier alpha value is -4.47. The van der Waals surface area contributed by atoms with Crippen LogP contribution in [-0.2, 0) is 37.3 Å². The van der Waals surface area contributed by atoms with Crippen LogP contribution in [-0.4, -0.2) is 19.3 Å². The molecule has 0 amide bonds. The molecule has 0 unspecified atom stereocenters. The summed E-state index contributed by atoms with van der Waals surface area (Å²) in [6, 6.07) is 37.1. The molecule has 0 aliphatic heterocycles. The summed E-state index contributed by atoms with van der Waals surface area (Å²) in [6.07, 6.45) is 1.91. The Morgan fingerprint density at radius 3 is 2.02 bits per heavy atom. The molecule has 0 spiro atoms. The number of ether oxygens (including phenoxy) is 1. The average molecular weight is 868 g/mol. The zero-order valence-electron chi connectivity index (χ0n) is 32.2. The van der Waals surface area contributed by atoms with Crippen molar-refractivity contribution in [1.82, 2.24) is 19.3 Å². The molecular weight excluding hydrogens is 820 g/mol.